The molecular formula is C24H22Cl2N6O4. The van der Waals surface area contributed by atoms with Crippen molar-refractivity contribution in [3.05, 3.63) is 64.8 Å². The molecule has 2 heterocycles. The lowest BCUT2D eigenvalue weighted by Crippen LogP contribution is -2.46. The zero-order valence-corrected chi connectivity index (χ0v) is 21.1. The number of halogens is 2. The largest absolute Gasteiger partial charge is 0.495 e. The average Bonchev–Trinajstić information content (AvgIpc) is 2.88. The minimum atomic E-state index is -0.412. The molecule has 1 aliphatic rings. The second kappa shape index (κ2) is 10.3. The first-order valence-electron chi connectivity index (χ1n) is 10.6. The Morgan fingerprint density at radius 1 is 1.14 bits per heavy atom. The minimum Gasteiger partial charge on any atom is -0.495 e. The number of aromatic nitrogens is 2. The van der Waals surface area contributed by atoms with Gasteiger partial charge in [0.15, 0.2) is 0 Å². The number of amides is 3. The molecule has 0 bridgehead atoms. The van der Waals surface area contributed by atoms with Crippen molar-refractivity contribution in [2.75, 3.05) is 41.7 Å². The third-order valence-electron chi connectivity index (χ3n) is 5.44. The predicted octanol–water partition coefficient (Wildman–Crippen LogP) is 5.25. The number of benzene rings is 2. The van der Waals surface area contributed by atoms with Gasteiger partial charge in [-0.15, -0.1) is 0 Å². The van der Waals surface area contributed by atoms with Gasteiger partial charge in [-0.25, -0.2) is 9.78 Å². The fourth-order valence-corrected chi connectivity index (χ4v) is 4.36. The van der Waals surface area contributed by atoms with Gasteiger partial charge < -0.3 is 20.1 Å². The van der Waals surface area contributed by atoms with Crippen LogP contribution < -0.4 is 29.9 Å². The number of hydrogen-bond donors (Lipinski definition) is 2. The molecule has 10 nitrogen and oxygen atoms in total. The first kappa shape index (κ1) is 25.1. The first-order chi connectivity index (χ1) is 17.3. The zero-order chi connectivity index (χ0) is 26.0. The summed E-state index contributed by atoms with van der Waals surface area (Å²) in [4.78, 5) is 36.9. The van der Waals surface area contributed by atoms with Crippen LogP contribution in [0.4, 0.5) is 33.6 Å². The van der Waals surface area contributed by atoms with Crippen LogP contribution in [-0.4, -0.2) is 43.2 Å². The van der Waals surface area contributed by atoms with Crippen molar-refractivity contribution in [1.82, 2.24) is 9.97 Å². The molecule has 12 heteroatoms. The van der Waals surface area contributed by atoms with E-state index in [4.69, 9.17) is 32.7 Å². The van der Waals surface area contributed by atoms with E-state index < -0.39 is 6.03 Å². The summed E-state index contributed by atoms with van der Waals surface area (Å²) in [5.74, 6) is 0.914. The molecule has 0 unspecified atom stereocenters. The maximum Gasteiger partial charge on any atom is 0.330 e. The zero-order valence-electron chi connectivity index (χ0n) is 19.6. The molecule has 0 radical (unpaired) electrons. The summed E-state index contributed by atoms with van der Waals surface area (Å²) in [6, 6.07) is 8.21. The number of ether oxygens (including phenoxy) is 2. The third kappa shape index (κ3) is 4.60. The van der Waals surface area contributed by atoms with E-state index in [0.717, 1.165) is 0 Å². The van der Waals surface area contributed by atoms with Crippen molar-refractivity contribution in [3.8, 4) is 11.5 Å². The Bertz CT molecular complexity index is 1340. The Morgan fingerprint density at radius 3 is 2.39 bits per heavy atom. The molecule has 36 heavy (non-hydrogen) atoms. The van der Waals surface area contributed by atoms with Crippen molar-refractivity contribution in [1.29, 1.82) is 0 Å². The number of para-hydroxylation sites is 2. The van der Waals surface area contributed by atoms with E-state index in [1.807, 2.05) is 0 Å². The van der Waals surface area contributed by atoms with Gasteiger partial charge in [0.25, 0.3) is 0 Å². The van der Waals surface area contributed by atoms with Gasteiger partial charge in [0.2, 0.25) is 11.9 Å². The summed E-state index contributed by atoms with van der Waals surface area (Å²) in [6.45, 7) is 3.57. The molecule has 2 aromatic carbocycles. The van der Waals surface area contributed by atoms with Crippen LogP contribution >= 0.6 is 23.2 Å². The average molecular weight is 529 g/mol. The number of carbonyl (C=O) groups is 2. The lowest BCUT2D eigenvalue weighted by Gasteiger charge is -2.35. The van der Waals surface area contributed by atoms with Crippen LogP contribution in [0.15, 0.2) is 49.2 Å². The monoisotopic (exact) mass is 528 g/mol. The molecule has 2 N–H and O–H groups in total. The molecule has 1 aromatic heterocycles. The third-order valence-corrected chi connectivity index (χ3v) is 6.17. The number of carbonyl (C=O) groups excluding carboxylic acids is 2. The normalized spacial score (nSPS) is 12.6. The second-order valence-corrected chi connectivity index (χ2v) is 8.35. The standard InChI is InChI=1S/C24H22Cl2N6O4/c1-5-18(33)28-14-8-6-7-9-15(14)29-23-27-11-13-12-32(24(34)31(2)22(13)30-23)21-19(25)16(35-3)10-17(36-4)20(21)26/h5-11H,1,12H2,2-4H3,(H,28,33)(H,27,29,30). The summed E-state index contributed by atoms with van der Waals surface area (Å²) in [5.41, 5.74) is 2.01. The van der Waals surface area contributed by atoms with Gasteiger partial charge >= 0.3 is 6.03 Å². The van der Waals surface area contributed by atoms with Gasteiger partial charge in [-0.05, 0) is 18.2 Å². The van der Waals surface area contributed by atoms with Crippen LogP contribution in [0.1, 0.15) is 5.56 Å². The van der Waals surface area contributed by atoms with Crippen molar-refractivity contribution < 1.29 is 19.1 Å². The number of urea groups is 1. The van der Waals surface area contributed by atoms with Gasteiger partial charge in [-0.3, -0.25) is 14.6 Å². The molecule has 0 saturated heterocycles. The van der Waals surface area contributed by atoms with E-state index in [-0.39, 0.29) is 34.1 Å². The number of hydrogen-bond acceptors (Lipinski definition) is 7. The highest BCUT2D eigenvalue weighted by Gasteiger charge is 2.35. The van der Waals surface area contributed by atoms with E-state index >= 15 is 0 Å². The van der Waals surface area contributed by atoms with E-state index in [2.05, 4.69) is 27.2 Å². The Morgan fingerprint density at radius 2 is 1.78 bits per heavy atom. The van der Waals surface area contributed by atoms with Crippen molar-refractivity contribution in [2.45, 2.75) is 6.54 Å². The topological polar surface area (TPSA) is 109 Å². The molecule has 3 aromatic rings. The summed E-state index contributed by atoms with van der Waals surface area (Å²) < 4.78 is 10.7. The highest BCUT2D eigenvalue weighted by molar-refractivity contribution is 6.42. The molecule has 0 spiro atoms. The summed E-state index contributed by atoms with van der Waals surface area (Å²) >= 11 is 13.1. The maximum atomic E-state index is 13.4. The quantitative estimate of drug-likeness (QED) is 0.403. The summed E-state index contributed by atoms with van der Waals surface area (Å²) in [5, 5.41) is 6.14. The number of nitrogens with one attached hydrogen (secondary N) is 2. The van der Waals surface area contributed by atoms with E-state index in [9.17, 15) is 9.59 Å². The second-order valence-electron chi connectivity index (χ2n) is 7.59. The molecule has 0 saturated carbocycles. The van der Waals surface area contributed by atoms with Crippen LogP contribution in [0.2, 0.25) is 10.0 Å². The molecule has 0 aliphatic carbocycles. The molecule has 0 atom stereocenters. The number of anilines is 5. The smallest absolute Gasteiger partial charge is 0.330 e. The molecule has 4 rings (SSSR count). The van der Waals surface area contributed by atoms with Gasteiger partial charge in [0, 0.05) is 24.9 Å². The lowest BCUT2D eigenvalue weighted by atomic mass is 10.2. The predicted molar refractivity (Wildman–Crippen MR) is 140 cm³/mol. The highest BCUT2D eigenvalue weighted by Crippen LogP contribution is 2.47. The molecule has 3 amide bonds. The van der Waals surface area contributed by atoms with Gasteiger partial charge in [0.1, 0.15) is 27.4 Å². The minimum absolute atomic E-state index is 0.112. The summed E-state index contributed by atoms with van der Waals surface area (Å²) in [6.07, 6.45) is 2.78. The van der Waals surface area contributed by atoms with E-state index in [0.29, 0.717) is 34.3 Å². The van der Waals surface area contributed by atoms with Gasteiger partial charge in [-0.1, -0.05) is 41.9 Å². The SMILES string of the molecule is C=CC(=O)Nc1ccccc1Nc1ncc2c(n1)N(C)C(=O)N(c1c(Cl)c(OC)cc(OC)c1Cl)C2. The number of fused-ring (bicyclic) bond motifs is 1. The van der Waals surface area contributed by atoms with Crippen molar-refractivity contribution >= 4 is 64.0 Å². The number of rotatable bonds is 7. The maximum absolute atomic E-state index is 13.4. The van der Waals surface area contributed by atoms with Crippen LogP contribution in [-0.2, 0) is 11.3 Å². The van der Waals surface area contributed by atoms with Crippen LogP contribution in [0.25, 0.3) is 0 Å². The molecular weight excluding hydrogens is 507 g/mol. The van der Waals surface area contributed by atoms with Gasteiger partial charge in [0.05, 0.1) is 37.8 Å². The van der Waals surface area contributed by atoms with Crippen LogP contribution in [0, 0.1) is 0 Å². The van der Waals surface area contributed by atoms with Crippen LogP contribution in [0.5, 0.6) is 11.5 Å². The fourth-order valence-electron chi connectivity index (χ4n) is 3.66. The van der Waals surface area contributed by atoms with Crippen LogP contribution in [0.3, 0.4) is 0 Å². The lowest BCUT2D eigenvalue weighted by molar-refractivity contribution is -0.111. The van der Waals surface area contributed by atoms with Crippen molar-refractivity contribution in [2.24, 2.45) is 0 Å². The van der Waals surface area contributed by atoms with Gasteiger partial charge in [-0.2, -0.15) is 4.98 Å². The highest BCUT2D eigenvalue weighted by atomic mass is 35.5. The molecule has 0 fully saturated rings. The summed E-state index contributed by atoms with van der Waals surface area (Å²) in [7, 11) is 4.50. The Labute approximate surface area is 217 Å². The Balaban J connectivity index is 1.68. The number of nitrogens with zero attached hydrogens (tertiary/aromatic N) is 4. The molecule has 186 valence electrons. The Kier molecular flexibility index (Phi) is 7.18. The first-order valence-corrected chi connectivity index (χ1v) is 11.3. The number of methoxy groups -OCH3 is 2. The fraction of sp³-hybridized carbons (Fsp3) is 0.167. The van der Waals surface area contributed by atoms with Crippen molar-refractivity contribution in [3.63, 3.8) is 0 Å². The molecule has 1 aliphatic heterocycles. The van der Waals surface area contributed by atoms with E-state index in [1.165, 1.54) is 30.1 Å². The Hall–Kier alpha value is -4.02. The van der Waals surface area contributed by atoms with E-state index in [1.54, 1.807) is 43.6 Å².